The van der Waals surface area contributed by atoms with E-state index >= 15 is 0 Å². The Balaban J connectivity index is 1.95. The monoisotopic (exact) mass is 390 g/mol. The van der Waals surface area contributed by atoms with E-state index in [1.54, 1.807) is 24.3 Å². The number of methoxy groups -OCH3 is 2. The molecule has 1 saturated heterocycles. The predicted molar refractivity (Wildman–Crippen MR) is 102 cm³/mol. The molecular weight excluding hydrogens is 368 g/mol. The highest BCUT2D eigenvalue weighted by Crippen LogP contribution is 2.29. The summed E-state index contributed by atoms with van der Waals surface area (Å²) in [5, 5.41) is 2.75. The van der Waals surface area contributed by atoms with Crippen LogP contribution >= 0.6 is 0 Å². The Morgan fingerprint density at radius 2 is 1.67 bits per heavy atom. The Labute approximate surface area is 158 Å². The van der Waals surface area contributed by atoms with Crippen molar-refractivity contribution in [1.29, 1.82) is 0 Å². The number of amides is 1. The van der Waals surface area contributed by atoms with Crippen molar-refractivity contribution in [3.8, 4) is 11.5 Å². The number of ether oxygens (including phenoxy) is 2. The van der Waals surface area contributed by atoms with Crippen LogP contribution in [0.4, 0.5) is 5.69 Å². The molecule has 3 rings (SSSR count). The number of sulfonamides is 1. The quantitative estimate of drug-likeness (QED) is 0.820. The first-order chi connectivity index (χ1) is 13.0. The summed E-state index contributed by atoms with van der Waals surface area (Å²) in [6.07, 6.45) is 1.69. The van der Waals surface area contributed by atoms with Crippen molar-refractivity contribution in [2.75, 3.05) is 32.6 Å². The smallest absolute Gasteiger partial charge is 0.259 e. The molecule has 1 fully saturated rings. The third kappa shape index (κ3) is 3.91. The second-order valence-corrected chi connectivity index (χ2v) is 8.07. The molecule has 0 radical (unpaired) electrons. The Hall–Kier alpha value is -2.58. The Bertz CT molecular complexity index is 937. The molecule has 7 nitrogen and oxygen atoms in total. The number of benzene rings is 2. The largest absolute Gasteiger partial charge is 0.496 e. The SMILES string of the molecule is COc1ccccc1NC(=O)c1cc(S(=O)(=O)N2CCCC2)ccc1OC. The third-order valence-electron chi connectivity index (χ3n) is 4.47. The maximum Gasteiger partial charge on any atom is 0.259 e. The number of nitrogens with zero attached hydrogens (tertiary/aromatic N) is 1. The first-order valence-electron chi connectivity index (χ1n) is 8.60. The van der Waals surface area contributed by atoms with Crippen LogP contribution in [0.25, 0.3) is 0 Å². The van der Waals surface area contributed by atoms with Crippen molar-refractivity contribution in [3.05, 3.63) is 48.0 Å². The molecule has 1 heterocycles. The average Bonchev–Trinajstić information content (AvgIpc) is 3.23. The molecular formula is C19H22N2O5S. The standard InChI is InChI=1S/C19H22N2O5S/c1-25-17-10-9-14(27(23,24)21-11-5-6-12-21)13-15(17)19(22)20-16-7-3-4-8-18(16)26-2/h3-4,7-10,13H,5-6,11-12H2,1-2H3,(H,20,22). The van der Waals surface area contributed by atoms with Gasteiger partial charge in [-0.3, -0.25) is 4.79 Å². The van der Waals surface area contributed by atoms with E-state index < -0.39 is 15.9 Å². The van der Waals surface area contributed by atoms with E-state index in [0.717, 1.165) is 12.8 Å². The predicted octanol–water partition coefficient (Wildman–Crippen LogP) is 2.74. The summed E-state index contributed by atoms with van der Waals surface area (Å²) in [5.74, 6) is 0.322. The minimum Gasteiger partial charge on any atom is -0.496 e. The molecule has 0 atom stereocenters. The average molecular weight is 390 g/mol. The van der Waals surface area contributed by atoms with E-state index in [-0.39, 0.29) is 10.5 Å². The number of rotatable bonds is 6. The molecule has 1 aliphatic heterocycles. The number of hydrogen-bond donors (Lipinski definition) is 1. The number of anilines is 1. The van der Waals surface area contributed by atoms with E-state index in [0.29, 0.717) is 30.3 Å². The van der Waals surface area contributed by atoms with Gasteiger partial charge in [0.1, 0.15) is 11.5 Å². The van der Waals surface area contributed by atoms with Gasteiger partial charge in [0.05, 0.1) is 30.4 Å². The molecule has 8 heteroatoms. The number of para-hydroxylation sites is 2. The summed E-state index contributed by atoms with van der Waals surface area (Å²) < 4.78 is 37.5. The fourth-order valence-corrected chi connectivity index (χ4v) is 4.58. The van der Waals surface area contributed by atoms with Gasteiger partial charge in [0.25, 0.3) is 5.91 Å². The van der Waals surface area contributed by atoms with Gasteiger partial charge in [-0.05, 0) is 43.2 Å². The zero-order chi connectivity index (χ0) is 19.4. The summed E-state index contributed by atoms with van der Waals surface area (Å²) in [5.41, 5.74) is 0.628. The van der Waals surface area contributed by atoms with Crippen molar-refractivity contribution >= 4 is 21.6 Å². The van der Waals surface area contributed by atoms with Crippen molar-refractivity contribution in [2.24, 2.45) is 0 Å². The van der Waals surface area contributed by atoms with Gasteiger partial charge in [-0.15, -0.1) is 0 Å². The van der Waals surface area contributed by atoms with Crippen LogP contribution in [0, 0.1) is 0 Å². The van der Waals surface area contributed by atoms with E-state index in [1.807, 2.05) is 0 Å². The molecule has 2 aromatic rings. The van der Waals surface area contributed by atoms with E-state index in [2.05, 4.69) is 5.32 Å². The minimum absolute atomic E-state index is 0.0791. The Morgan fingerprint density at radius 1 is 1.00 bits per heavy atom. The molecule has 2 aromatic carbocycles. The van der Waals surface area contributed by atoms with Crippen LogP contribution in [0.1, 0.15) is 23.2 Å². The van der Waals surface area contributed by atoms with Gasteiger partial charge in [0, 0.05) is 13.1 Å². The molecule has 0 unspecified atom stereocenters. The van der Waals surface area contributed by atoms with E-state index in [9.17, 15) is 13.2 Å². The Morgan fingerprint density at radius 3 is 2.33 bits per heavy atom. The first kappa shape index (κ1) is 19.2. The van der Waals surface area contributed by atoms with Gasteiger partial charge >= 0.3 is 0 Å². The lowest BCUT2D eigenvalue weighted by molar-refractivity contribution is 0.102. The highest BCUT2D eigenvalue weighted by molar-refractivity contribution is 7.89. The molecule has 1 aliphatic rings. The number of hydrogen-bond acceptors (Lipinski definition) is 5. The summed E-state index contributed by atoms with van der Waals surface area (Å²) in [6, 6.07) is 11.3. The zero-order valence-corrected chi connectivity index (χ0v) is 16.1. The van der Waals surface area contributed by atoms with Crippen LogP contribution in [-0.4, -0.2) is 45.9 Å². The third-order valence-corrected chi connectivity index (χ3v) is 6.37. The molecule has 1 N–H and O–H groups in total. The number of carbonyl (C=O) groups is 1. The highest BCUT2D eigenvalue weighted by Gasteiger charge is 2.28. The van der Waals surface area contributed by atoms with Gasteiger partial charge in [-0.25, -0.2) is 8.42 Å². The van der Waals surface area contributed by atoms with Gasteiger partial charge < -0.3 is 14.8 Å². The van der Waals surface area contributed by atoms with Gasteiger partial charge in [0.15, 0.2) is 0 Å². The summed E-state index contributed by atoms with van der Waals surface area (Å²) in [4.78, 5) is 12.9. The van der Waals surface area contributed by atoms with Crippen molar-refractivity contribution in [2.45, 2.75) is 17.7 Å². The lowest BCUT2D eigenvalue weighted by atomic mass is 10.1. The maximum absolute atomic E-state index is 12.8. The van der Waals surface area contributed by atoms with Crippen LogP contribution < -0.4 is 14.8 Å². The van der Waals surface area contributed by atoms with Crippen LogP contribution in [0.5, 0.6) is 11.5 Å². The normalized spacial score (nSPS) is 14.7. The second-order valence-electron chi connectivity index (χ2n) is 6.13. The summed E-state index contributed by atoms with van der Waals surface area (Å²) >= 11 is 0. The first-order valence-corrected chi connectivity index (χ1v) is 10.0. The van der Waals surface area contributed by atoms with E-state index in [4.69, 9.17) is 9.47 Å². The maximum atomic E-state index is 12.8. The molecule has 144 valence electrons. The fourth-order valence-electron chi connectivity index (χ4n) is 3.04. The van der Waals surface area contributed by atoms with E-state index in [1.165, 1.54) is 36.7 Å². The minimum atomic E-state index is -3.63. The van der Waals surface area contributed by atoms with Crippen LogP contribution in [-0.2, 0) is 10.0 Å². The zero-order valence-electron chi connectivity index (χ0n) is 15.3. The molecule has 0 aromatic heterocycles. The Kier molecular flexibility index (Phi) is 5.67. The number of nitrogens with one attached hydrogen (secondary N) is 1. The lowest BCUT2D eigenvalue weighted by Crippen LogP contribution is -2.28. The molecule has 0 saturated carbocycles. The molecule has 0 spiro atoms. The van der Waals surface area contributed by atoms with Crippen LogP contribution in [0.3, 0.4) is 0 Å². The second kappa shape index (κ2) is 7.98. The van der Waals surface area contributed by atoms with Gasteiger partial charge in [0.2, 0.25) is 10.0 Å². The van der Waals surface area contributed by atoms with Crippen molar-refractivity contribution in [1.82, 2.24) is 4.31 Å². The topological polar surface area (TPSA) is 84.9 Å². The number of carbonyl (C=O) groups excluding carboxylic acids is 1. The molecule has 0 aliphatic carbocycles. The van der Waals surface area contributed by atoms with Crippen LogP contribution in [0.15, 0.2) is 47.4 Å². The summed E-state index contributed by atoms with van der Waals surface area (Å²) in [7, 11) is -0.689. The van der Waals surface area contributed by atoms with Crippen molar-refractivity contribution < 1.29 is 22.7 Å². The highest BCUT2D eigenvalue weighted by atomic mass is 32.2. The van der Waals surface area contributed by atoms with Crippen molar-refractivity contribution in [3.63, 3.8) is 0 Å². The van der Waals surface area contributed by atoms with Crippen LogP contribution in [0.2, 0.25) is 0 Å². The molecule has 27 heavy (non-hydrogen) atoms. The molecule has 0 bridgehead atoms. The van der Waals surface area contributed by atoms with Gasteiger partial charge in [-0.1, -0.05) is 12.1 Å². The van der Waals surface area contributed by atoms with Gasteiger partial charge in [-0.2, -0.15) is 4.31 Å². The molecule has 1 amide bonds. The summed E-state index contributed by atoms with van der Waals surface area (Å²) in [6.45, 7) is 0.994. The fraction of sp³-hybridized carbons (Fsp3) is 0.316. The lowest BCUT2D eigenvalue weighted by Gasteiger charge is -2.17.